The second kappa shape index (κ2) is 11.4. The molecule has 0 saturated carbocycles. The molecule has 0 atom stereocenters. The minimum absolute atomic E-state index is 0.790. The zero-order chi connectivity index (χ0) is 37.2. The fourth-order valence-electron chi connectivity index (χ4n) is 9.57. The Morgan fingerprint density at radius 3 is 1.60 bits per heavy atom. The summed E-state index contributed by atoms with van der Waals surface area (Å²) in [6.45, 7) is 0. The van der Waals surface area contributed by atoms with Gasteiger partial charge in [0.05, 0.1) is 45.0 Å². The molecule has 0 fully saturated rings. The van der Waals surface area contributed by atoms with E-state index in [1.165, 1.54) is 32.3 Å². The summed E-state index contributed by atoms with van der Waals surface area (Å²) in [6.07, 6.45) is 1.94. The number of aromatic nitrogens is 4. The average molecular weight is 727 g/mol. The maximum Gasteiger partial charge on any atom is 0.159 e. The van der Waals surface area contributed by atoms with Crippen molar-refractivity contribution in [2.75, 3.05) is 0 Å². The smallest absolute Gasteiger partial charge is 0.159 e. The Bertz CT molecular complexity index is 3780. The van der Waals surface area contributed by atoms with E-state index in [9.17, 15) is 0 Å². The van der Waals surface area contributed by atoms with Crippen molar-refractivity contribution in [1.82, 2.24) is 19.1 Å². The number of para-hydroxylation sites is 4. The van der Waals surface area contributed by atoms with Crippen molar-refractivity contribution >= 4 is 98.1 Å². The number of rotatable bonds is 3. The van der Waals surface area contributed by atoms with E-state index >= 15 is 0 Å². The molecule has 0 bridgehead atoms. The molecule has 0 spiro atoms. The van der Waals surface area contributed by atoms with Crippen molar-refractivity contribution in [2.45, 2.75) is 0 Å². The van der Waals surface area contributed by atoms with Gasteiger partial charge in [0.1, 0.15) is 5.58 Å². The first kappa shape index (κ1) is 30.6. The van der Waals surface area contributed by atoms with E-state index in [-0.39, 0.29) is 0 Å². The summed E-state index contributed by atoms with van der Waals surface area (Å²) >= 11 is 0. The molecule has 4 heterocycles. The van der Waals surface area contributed by atoms with E-state index in [1.54, 1.807) is 0 Å². The first-order valence-electron chi connectivity index (χ1n) is 19.3. The third kappa shape index (κ3) is 4.12. The molecule has 0 aliphatic rings. The molecule has 264 valence electrons. The summed E-state index contributed by atoms with van der Waals surface area (Å²) in [7, 11) is 0. The Balaban J connectivity index is 1.11. The Labute approximate surface area is 325 Å². The van der Waals surface area contributed by atoms with Gasteiger partial charge in [0.2, 0.25) is 0 Å². The van der Waals surface area contributed by atoms with Gasteiger partial charge >= 0.3 is 0 Å². The van der Waals surface area contributed by atoms with Crippen LogP contribution in [0.5, 0.6) is 0 Å². The topological polar surface area (TPSA) is 48.8 Å². The fraction of sp³-hybridized carbons (Fsp3) is 0. The molecular formula is C52H30N4O. The van der Waals surface area contributed by atoms with Crippen molar-refractivity contribution in [3.63, 3.8) is 0 Å². The normalized spacial score (nSPS) is 12.2. The molecule has 13 aromatic rings. The fourth-order valence-corrected chi connectivity index (χ4v) is 9.57. The van der Waals surface area contributed by atoms with Gasteiger partial charge in [0.25, 0.3) is 0 Å². The number of fused-ring (bicyclic) bond motifs is 16. The lowest BCUT2D eigenvalue weighted by molar-refractivity contribution is 0.667. The van der Waals surface area contributed by atoms with E-state index in [2.05, 4.69) is 185 Å². The minimum atomic E-state index is 0.790. The van der Waals surface area contributed by atoms with Gasteiger partial charge in [-0.15, -0.1) is 0 Å². The molecular weight excluding hydrogens is 697 g/mol. The van der Waals surface area contributed by atoms with Gasteiger partial charge in [-0.25, -0.2) is 4.98 Å². The van der Waals surface area contributed by atoms with Crippen LogP contribution in [-0.2, 0) is 0 Å². The highest BCUT2D eigenvalue weighted by Crippen LogP contribution is 2.45. The Morgan fingerprint density at radius 2 is 0.895 bits per heavy atom. The summed E-state index contributed by atoms with van der Waals surface area (Å²) in [4.78, 5) is 10.6. The van der Waals surface area contributed by atoms with Crippen LogP contribution in [0.1, 0.15) is 0 Å². The SMILES string of the molecule is c1ccc(-c2cccc3c2oc2c(-n4c5ccccc5c5c6c7ccccc7n(-c7cnc8c9ccccc9c9ccccc9c8n7)c6ccc54)cccc23)cc1. The zero-order valence-corrected chi connectivity index (χ0v) is 30.5. The summed E-state index contributed by atoms with van der Waals surface area (Å²) in [5.41, 5.74) is 11.2. The van der Waals surface area contributed by atoms with Crippen LogP contribution in [0.4, 0.5) is 0 Å². The third-order valence-corrected chi connectivity index (χ3v) is 11.9. The molecule has 5 heteroatoms. The van der Waals surface area contributed by atoms with Gasteiger partial charge in [-0.05, 0) is 46.7 Å². The van der Waals surface area contributed by atoms with Crippen molar-refractivity contribution < 1.29 is 4.42 Å². The van der Waals surface area contributed by atoms with Crippen molar-refractivity contribution in [3.05, 3.63) is 182 Å². The molecule has 13 rings (SSSR count). The third-order valence-electron chi connectivity index (χ3n) is 11.9. The van der Waals surface area contributed by atoms with Crippen LogP contribution in [0.25, 0.3) is 121 Å². The van der Waals surface area contributed by atoms with Crippen LogP contribution in [0.15, 0.2) is 187 Å². The maximum absolute atomic E-state index is 6.96. The van der Waals surface area contributed by atoms with Gasteiger partial charge < -0.3 is 8.98 Å². The summed E-state index contributed by atoms with van der Waals surface area (Å²) < 4.78 is 11.6. The average Bonchev–Trinajstić information content (AvgIpc) is 3.94. The van der Waals surface area contributed by atoms with Crippen LogP contribution in [0.2, 0.25) is 0 Å². The number of nitrogens with zero attached hydrogens (tertiary/aromatic N) is 4. The Hall–Kier alpha value is -7.76. The standard InChI is InChI=1S/C52H30N4O/c1-2-14-31(15-3-1)32-22-12-23-37-38-24-13-27-45(52(38)57-51(32)37)55-41-25-10-8-20-39(41)47-43(55)28-29-44-48(47)40-21-9-11-26-42(40)56(44)46-30-53-49-35-18-6-4-16-33(35)34-17-5-7-19-36(34)50(49)54-46/h1-30H. The number of benzene rings is 9. The number of furan rings is 1. The zero-order valence-electron chi connectivity index (χ0n) is 30.5. The lowest BCUT2D eigenvalue weighted by Crippen LogP contribution is -2.00. The lowest BCUT2D eigenvalue weighted by Gasteiger charge is -2.12. The molecule has 0 unspecified atom stereocenters. The highest BCUT2D eigenvalue weighted by molar-refractivity contribution is 6.29. The monoisotopic (exact) mass is 726 g/mol. The van der Waals surface area contributed by atoms with Crippen LogP contribution >= 0.6 is 0 Å². The van der Waals surface area contributed by atoms with Gasteiger partial charge in [-0.3, -0.25) is 9.55 Å². The second-order valence-electron chi connectivity index (χ2n) is 14.9. The minimum Gasteiger partial charge on any atom is -0.453 e. The Kier molecular flexibility index (Phi) is 6.10. The van der Waals surface area contributed by atoms with Crippen LogP contribution in [0, 0.1) is 0 Å². The maximum atomic E-state index is 6.96. The molecule has 9 aromatic carbocycles. The first-order valence-corrected chi connectivity index (χ1v) is 19.3. The van der Waals surface area contributed by atoms with Crippen molar-refractivity contribution in [2.24, 2.45) is 0 Å². The van der Waals surface area contributed by atoms with Crippen molar-refractivity contribution in [1.29, 1.82) is 0 Å². The predicted molar refractivity (Wildman–Crippen MR) is 236 cm³/mol. The van der Waals surface area contributed by atoms with Gasteiger partial charge in [0, 0.05) is 48.7 Å². The Morgan fingerprint density at radius 1 is 0.368 bits per heavy atom. The molecule has 5 nitrogen and oxygen atoms in total. The summed E-state index contributed by atoms with van der Waals surface area (Å²) in [5.74, 6) is 0.790. The second-order valence-corrected chi connectivity index (χ2v) is 14.9. The molecule has 0 amide bonds. The molecule has 57 heavy (non-hydrogen) atoms. The van der Waals surface area contributed by atoms with E-state index in [0.29, 0.717) is 0 Å². The highest BCUT2D eigenvalue weighted by atomic mass is 16.3. The molecule has 4 aromatic heterocycles. The van der Waals surface area contributed by atoms with E-state index < -0.39 is 0 Å². The van der Waals surface area contributed by atoms with Crippen LogP contribution in [-0.4, -0.2) is 19.1 Å². The molecule has 0 aliphatic heterocycles. The van der Waals surface area contributed by atoms with Crippen molar-refractivity contribution in [3.8, 4) is 22.6 Å². The molecule has 0 saturated heterocycles. The van der Waals surface area contributed by atoms with Gasteiger partial charge in [0.15, 0.2) is 11.4 Å². The number of hydrogen-bond donors (Lipinski definition) is 0. The van der Waals surface area contributed by atoms with Gasteiger partial charge in [-0.2, -0.15) is 0 Å². The largest absolute Gasteiger partial charge is 0.453 e. The summed E-state index contributed by atoms with van der Waals surface area (Å²) in [6, 6.07) is 62.4. The highest BCUT2D eigenvalue weighted by Gasteiger charge is 2.24. The van der Waals surface area contributed by atoms with Gasteiger partial charge in [-0.1, -0.05) is 146 Å². The predicted octanol–water partition coefficient (Wildman–Crippen LogP) is 13.7. The quantitative estimate of drug-likeness (QED) is 0.170. The number of hydrogen-bond acceptors (Lipinski definition) is 3. The van der Waals surface area contributed by atoms with Crippen LogP contribution < -0.4 is 0 Å². The van der Waals surface area contributed by atoms with E-state index in [0.717, 1.165) is 88.4 Å². The molecule has 0 radical (unpaired) electrons. The molecule has 0 N–H and O–H groups in total. The van der Waals surface area contributed by atoms with E-state index in [4.69, 9.17) is 14.4 Å². The summed E-state index contributed by atoms with van der Waals surface area (Å²) in [5, 5.41) is 11.5. The lowest BCUT2D eigenvalue weighted by atomic mass is 10.00. The van der Waals surface area contributed by atoms with Crippen LogP contribution in [0.3, 0.4) is 0 Å². The molecule has 0 aliphatic carbocycles. The first-order chi connectivity index (χ1) is 28.3. The van der Waals surface area contributed by atoms with E-state index in [1.807, 2.05) is 6.20 Å².